The quantitative estimate of drug-likeness (QED) is 0.539. The van der Waals surface area contributed by atoms with Gasteiger partial charge >= 0.3 is 0 Å². The van der Waals surface area contributed by atoms with E-state index in [2.05, 4.69) is 44.8 Å². The second-order valence-corrected chi connectivity index (χ2v) is 6.61. The monoisotopic (exact) mass is 355 g/mol. The van der Waals surface area contributed by atoms with Gasteiger partial charge in [-0.2, -0.15) is 9.50 Å². The van der Waals surface area contributed by atoms with Gasteiger partial charge in [-0.05, 0) is 24.6 Å². The summed E-state index contributed by atoms with van der Waals surface area (Å²) in [6.45, 7) is 2.62. The van der Waals surface area contributed by atoms with E-state index in [4.69, 9.17) is 0 Å². The molecule has 0 spiro atoms. The van der Waals surface area contributed by atoms with E-state index in [-0.39, 0.29) is 5.56 Å². The standard InChI is InChI=1S/C21H17N5O/c1-14-6-5-9-18-17(14)10-11-25(18)13-16-12-19(27)26-21(22-16)23-20(24-26)15-7-3-2-4-8-15/h2-12H,13H2,1H3,(H,22,23,24). The first kappa shape index (κ1) is 15.6. The Bertz CT molecular complexity index is 1330. The average molecular weight is 355 g/mol. The molecule has 6 nitrogen and oxygen atoms in total. The predicted molar refractivity (Wildman–Crippen MR) is 105 cm³/mol. The molecule has 0 atom stereocenters. The van der Waals surface area contributed by atoms with Gasteiger partial charge in [0.05, 0.1) is 12.2 Å². The molecule has 0 aliphatic rings. The maximum Gasteiger partial charge on any atom is 0.274 e. The number of fused-ring (bicyclic) bond motifs is 2. The first-order valence-electron chi connectivity index (χ1n) is 8.78. The molecular formula is C21H17N5O. The highest BCUT2D eigenvalue weighted by Gasteiger charge is 2.11. The zero-order chi connectivity index (χ0) is 18.4. The highest BCUT2D eigenvalue weighted by molar-refractivity contribution is 5.83. The van der Waals surface area contributed by atoms with E-state index >= 15 is 0 Å². The molecule has 0 saturated carbocycles. The zero-order valence-corrected chi connectivity index (χ0v) is 14.8. The van der Waals surface area contributed by atoms with Crippen LogP contribution in [0.15, 0.2) is 71.7 Å². The number of hydrogen-bond acceptors (Lipinski definition) is 3. The Morgan fingerprint density at radius 3 is 2.70 bits per heavy atom. The van der Waals surface area contributed by atoms with Crippen LogP contribution < -0.4 is 5.56 Å². The Morgan fingerprint density at radius 2 is 1.85 bits per heavy atom. The van der Waals surface area contributed by atoms with E-state index in [1.807, 2.05) is 42.6 Å². The number of nitrogens with zero attached hydrogens (tertiary/aromatic N) is 4. The number of H-pyrrole nitrogens is 1. The van der Waals surface area contributed by atoms with Crippen LogP contribution in [0.5, 0.6) is 0 Å². The minimum Gasteiger partial charge on any atom is -0.341 e. The van der Waals surface area contributed by atoms with Crippen LogP contribution in [-0.4, -0.2) is 24.1 Å². The Labute approximate surface area is 154 Å². The lowest BCUT2D eigenvalue weighted by Gasteiger charge is -2.05. The van der Waals surface area contributed by atoms with Crippen LogP contribution in [0.1, 0.15) is 11.3 Å². The van der Waals surface area contributed by atoms with E-state index < -0.39 is 0 Å². The Hall–Kier alpha value is -3.67. The third kappa shape index (κ3) is 2.62. The SMILES string of the molecule is Cc1cccc2c1ccn2Cc1cc(=O)n2[nH]c(-c3ccccc3)nc2n1. The third-order valence-electron chi connectivity index (χ3n) is 4.79. The molecule has 2 aromatic carbocycles. The lowest BCUT2D eigenvalue weighted by atomic mass is 10.1. The number of rotatable bonds is 3. The number of hydrogen-bond donors (Lipinski definition) is 1. The summed E-state index contributed by atoms with van der Waals surface area (Å²) < 4.78 is 3.48. The number of aromatic amines is 1. The van der Waals surface area contributed by atoms with Gasteiger partial charge in [0.25, 0.3) is 11.3 Å². The summed E-state index contributed by atoms with van der Waals surface area (Å²) in [5, 5.41) is 4.24. The number of aromatic nitrogens is 5. The van der Waals surface area contributed by atoms with Gasteiger partial charge in [-0.3, -0.25) is 9.89 Å². The summed E-state index contributed by atoms with van der Waals surface area (Å²) in [6.07, 6.45) is 2.03. The van der Waals surface area contributed by atoms with Crippen molar-refractivity contribution in [3.63, 3.8) is 0 Å². The molecular weight excluding hydrogens is 338 g/mol. The minimum atomic E-state index is -0.169. The molecule has 27 heavy (non-hydrogen) atoms. The van der Waals surface area contributed by atoms with Crippen LogP contribution >= 0.6 is 0 Å². The van der Waals surface area contributed by atoms with Crippen LogP contribution in [0.3, 0.4) is 0 Å². The van der Waals surface area contributed by atoms with Crippen molar-refractivity contribution in [2.45, 2.75) is 13.5 Å². The second-order valence-electron chi connectivity index (χ2n) is 6.61. The molecule has 1 N–H and O–H groups in total. The van der Waals surface area contributed by atoms with E-state index in [9.17, 15) is 4.79 Å². The van der Waals surface area contributed by atoms with E-state index in [1.165, 1.54) is 15.5 Å². The molecule has 0 aliphatic heterocycles. The lowest BCUT2D eigenvalue weighted by molar-refractivity contribution is 0.789. The van der Waals surface area contributed by atoms with E-state index in [0.717, 1.165) is 11.1 Å². The Morgan fingerprint density at radius 1 is 1.00 bits per heavy atom. The first-order chi connectivity index (χ1) is 13.2. The van der Waals surface area contributed by atoms with Crippen LogP contribution in [-0.2, 0) is 6.54 Å². The summed E-state index contributed by atoms with van der Waals surface area (Å²) >= 11 is 0. The lowest BCUT2D eigenvalue weighted by Crippen LogP contribution is -2.16. The van der Waals surface area contributed by atoms with Gasteiger partial charge in [0.15, 0.2) is 5.82 Å². The van der Waals surface area contributed by atoms with Crippen molar-refractivity contribution in [3.8, 4) is 11.4 Å². The fraction of sp³-hybridized carbons (Fsp3) is 0.0952. The Balaban J connectivity index is 1.58. The summed E-state index contributed by atoms with van der Waals surface area (Å²) in [7, 11) is 0. The third-order valence-corrected chi connectivity index (χ3v) is 4.79. The molecule has 0 bridgehead atoms. The van der Waals surface area contributed by atoms with Crippen LogP contribution in [0.4, 0.5) is 0 Å². The molecule has 0 fully saturated rings. The van der Waals surface area contributed by atoms with Gasteiger partial charge in [0, 0.05) is 28.7 Å². The molecule has 6 heteroatoms. The first-order valence-corrected chi connectivity index (χ1v) is 8.78. The molecule has 5 rings (SSSR count). The fourth-order valence-corrected chi connectivity index (χ4v) is 3.42. The molecule has 0 radical (unpaired) electrons. The van der Waals surface area contributed by atoms with Crippen LogP contribution in [0, 0.1) is 6.92 Å². The van der Waals surface area contributed by atoms with Crippen LogP contribution in [0.25, 0.3) is 28.1 Å². The summed E-state index contributed by atoms with van der Waals surface area (Å²) in [6, 6.07) is 19.6. The molecule has 132 valence electrons. The van der Waals surface area contributed by atoms with Crippen molar-refractivity contribution in [2.75, 3.05) is 0 Å². The van der Waals surface area contributed by atoms with Gasteiger partial charge in [-0.1, -0.05) is 42.5 Å². The normalized spacial score (nSPS) is 11.4. The van der Waals surface area contributed by atoms with Crippen molar-refractivity contribution >= 4 is 16.7 Å². The maximum atomic E-state index is 12.5. The smallest absolute Gasteiger partial charge is 0.274 e. The highest BCUT2D eigenvalue weighted by Crippen LogP contribution is 2.20. The van der Waals surface area contributed by atoms with Crippen LogP contribution in [0.2, 0.25) is 0 Å². The second kappa shape index (κ2) is 5.95. The van der Waals surface area contributed by atoms with E-state index in [1.54, 1.807) is 6.07 Å². The zero-order valence-electron chi connectivity index (χ0n) is 14.8. The molecule has 5 aromatic rings. The Kier molecular flexibility index (Phi) is 3.43. The van der Waals surface area contributed by atoms with Crippen molar-refractivity contribution in [1.29, 1.82) is 0 Å². The number of nitrogens with one attached hydrogen (secondary N) is 1. The van der Waals surface area contributed by atoms with Gasteiger partial charge in [0.2, 0.25) is 0 Å². The molecule has 0 saturated heterocycles. The number of aryl methyl sites for hydroxylation is 1. The molecule has 3 heterocycles. The van der Waals surface area contributed by atoms with Crippen molar-refractivity contribution in [3.05, 3.63) is 88.5 Å². The number of benzene rings is 2. The van der Waals surface area contributed by atoms with Gasteiger partial charge in [0.1, 0.15) is 0 Å². The fourth-order valence-electron chi connectivity index (χ4n) is 3.42. The minimum absolute atomic E-state index is 0.169. The average Bonchev–Trinajstić information content (AvgIpc) is 3.28. The summed E-state index contributed by atoms with van der Waals surface area (Å²) in [4.78, 5) is 21.6. The van der Waals surface area contributed by atoms with Gasteiger partial charge in [-0.15, -0.1) is 0 Å². The molecule has 0 unspecified atom stereocenters. The maximum absolute atomic E-state index is 12.5. The van der Waals surface area contributed by atoms with Crippen molar-refractivity contribution in [1.82, 2.24) is 24.1 Å². The van der Waals surface area contributed by atoms with Crippen molar-refractivity contribution in [2.24, 2.45) is 0 Å². The van der Waals surface area contributed by atoms with Crippen molar-refractivity contribution < 1.29 is 0 Å². The molecule has 0 amide bonds. The topological polar surface area (TPSA) is 68.0 Å². The summed E-state index contributed by atoms with van der Waals surface area (Å²) in [5.74, 6) is 1.00. The van der Waals surface area contributed by atoms with Gasteiger partial charge in [-0.25, -0.2) is 4.98 Å². The largest absolute Gasteiger partial charge is 0.341 e. The van der Waals surface area contributed by atoms with E-state index in [0.29, 0.717) is 23.8 Å². The van der Waals surface area contributed by atoms with Gasteiger partial charge < -0.3 is 4.57 Å². The molecule has 0 aliphatic carbocycles. The predicted octanol–water partition coefficient (Wildman–Crippen LogP) is 3.40. The summed E-state index contributed by atoms with van der Waals surface area (Å²) in [5.41, 5.74) is 3.79. The molecule has 3 aromatic heterocycles. The highest BCUT2D eigenvalue weighted by atomic mass is 16.1.